The number of hydrogen-bond donors (Lipinski definition) is 0. The summed E-state index contributed by atoms with van der Waals surface area (Å²) in [5, 5.41) is 0.665. The Morgan fingerprint density at radius 1 is 1.04 bits per heavy atom. The van der Waals surface area contributed by atoms with Crippen LogP contribution >= 0.6 is 11.6 Å². The summed E-state index contributed by atoms with van der Waals surface area (Å²) in [6.45, 7) is 3.67. The van der Waals surface area contributed by atoms with Crippen LogP contribution in [0.4, 0.5) is 0 Å². The Kier molecular flexibility index (Phi) is 4.04. The lowest BCUT2D eigenvalue weighted by atomic mass is 9.85. The number of benzene rings is 2. The van der Waals surface area contributed by atoms with Gasteiger partial charge in [0, 0.05) is 35.8 Å². The van der Waals surface area contributed by atoms with E-state index >= 15 is 0 Å². The predicted octanol–water partition coefficient (Wildman–Crippen LogP) is 3.09. The van der Waals surface area contributed by atoms with Gasteiger partial charge in [-0.3, -0.25) is 4.90 Å². The minimum atomic E-state index is -0.796. The first-order chi connectivity index (χ1) is 11.7. The largest absolute Gasteiger partial charge is 0.444 e. The topological polar surface area (TPSA) is 38.8 Å². The molecule has 0 saturated carbocycles. The minimum absolute atomic E-state index is 0.270. The van der Waals surface area contributed by atoms with E-state index in [-0.39, 0.29) is 5.97 Å². The van der Waals surface area contributed by atoms with Crippen molar-refractivity contribution in [3.63, 3.8) is 0 Å². The zero-order chi connectivity index (χ0) is 16.6. The lowest BCUT2D eigenvalue weighted by molar-refractivity contribution is -0.0280. The van der Waals surface area contributed by atoms with Crippen molar-refractivity contribution in [2.24, 2.45) is 0 Å². The normalized spacial score (nSPS) is 23.8. The third kappa shape index (κ3) is 2.61. The van der Waals surface area contributed by atoms with E-state index < -0.39 is 5.60 Å². The van der Waals surface area contributed by atoms with E-state index in [0.717, 1.165) is 24.2 Å². The highest BCUT2D eigenvalue weighted by atomic mass is 35.5. The summed E-state index contributed by atoms with van der Waals surface area (Å²) in [4.78, 5) is 14.8. The number of rotatable bonds is 3. The third-order valence-corrected chi connectivity index (χ3v) is 4.96. The average Bonchev–Trinajstić information content (AvgIpc) is 2.90. The van der Waals surface area contributed by atoms with Gasteiger partial charge in [-0.15, -0.1) is 0 Å². The van der Waals surface area contributed by atoms with Gasteiger partial charge in [-0.2, -0.15) is 0 Å². The summed E-state index contributed by atoms with van der Waals surface area (Å²) in [5.41, 5.74) is 1.71. The number of hydrogen-bond acceptors (Lipinski definition) is 4. The molecule has 1 atom stereocenters. The van der Waals surface area contributed by atoms with Gasteiger partial charge >= 0.3 is 5.97 Å². The molecule has 1 saturated heterocycles. The summed E-state index contributed by atoms with van der Waals surface area (Å²) in [6, 6.07) is 15.2. The molecule has 2 heterocycles. The van der Waals surface area contributed by atoms with Crippen LogP contribution in [0.3, 0.4) is 0 Å². The van der Waals surface area contributed by atoms with Crippen LogP contribution in [0.2, 0.25) is 5.02 Å². The highest BCUT2D eigenvalue weighted by molar-refractivity contribution is 6.30. The lowest BCUT2D eigenvalue weighted by Crippen LogP contribution is -2.46. The van der Waals surface area contributed by atoms with Crippen LogP contribution in [-0.2, 0) is 15.1 Å². The van der Waals surface area contributed by atoms with Crippen molar-refractivity contribution >= 4 is 17.6 Å². The molecule has 1 unspecified atom stereocenters. The fourth-order valence-electron chi connectivity index (χ4n) is 3.50. The van der Waals surface area contributed by atoms with E-state index in [2.05, 4.69) is 4.90 Å². The van der Waals surface area contributed by atoms with Crippen molar-refractivity contribution in [1.29, 1.82) is 0 Å². The quantitative estimate of drug-likeness (QED) is 0.803. The molecular formula is C19H18ClNO3. The molecule has 0 bridgehead atoms. The second-order valence-corrected chi connectivity index (χ2v) is 6.59. The molecule has 2 aliphatic rings. The molecule has 2 aromatic carbocycles. The van der Waals surface area contributed by atoms with Crippen LogP contribution < -0.4 is 0 Å². The highest BCUT2D eigenvalue weighted by Crippen LogP contribution is 2.42. The zero-order valence-corrected chi connectivity index (χ0v) is 14.0. The summed E-state index contributed by atoms with van der Waals surface area (Å²) < 4.78 is 11.4. The summed E-state index contributed by atoms with van der Waals surface area (Å²) in [5.74, 6) is -0.270. The van der Waals surface area contributed by atoms with Crippen molar-refractivity contribution in [3.8, 4) is 0 Å². The smallest absolute Gasteiger partial charge is 0.339 e. The van der Waals surface area contributed by atoms with Gasteiger partial charge in [-0.25, -0.2) is 4.79 Å². The fraction of sp³-hybridized carbons (Fsp3) is 0.316. The Hall–Kier alpha value is -1.88. The molecule has 124 valence electrons. The van der Waals surface area contributed by atoms with Gasteiger partial charge in [0.05, 0.1) is 18.8 Å². The van der Waals surface area contributed by atoms with Gasteiger partial charge in [-0.1, -0.05) is 41.9 Å². The number of cyclic esters (lactones) is 1. The van der Waals surface area contributed by atoms with E-state index in [1.54, 1.807) is 0 Å². The van der Waals surface area contributed by atoms with E-state index in [1.165, 1.54) is 0 Å². The summed E-state index contributed by atoms with van der Waals surface area (Å²) in [6.07, 6.45) is 0. The highest BCUT2D eigenvalue weighted by Gasteiger charge is 2.48. The number of esters is 1. The van der Waals surface area contributed by atoms with Crippen LogP contribution in [0.25, 0.3) is 0 Å². The fourth-order valence-corrected chi connectivity index (χ4v) is 3.62. The molecule has 24 heavy (non-hydrogen) atoms. The molecule has 4 rings (SSSR count). The van der Waals surface area contributed by atoms with Gasteiger partial charge < -0.3 is 9.47 Å². The van der Waals surface area contributed by atoms with E-state index in [4.69, 9.17) is 21.1 Å². The number of fused-ring (bicyclic) bond motifs is 1. The van der Waals surface area contributed by atoms with E-state index in [9.17, 15) is 4.79 Å². The SMILES string of the molecule is O=C1OC(CN2CCOCC2)(c2ccc(Cl)cc2)c2ccccc21. The Labute approximate surface area is 145 Å². The first-order valence-electron chi connectivity index (χ1n) is 8.08. The summed E-state index contributed by atoms with van der Waals surface area (Å²) in [7, 11) is 0. The maximum atomic E-state index is 12.5. The molecule has 0 spiro atoms. The molecule has 2 aromatic rings. The standard InChI is InChI=1S/C19H18ClNO3/c20-15-7-5-14(6-8-15)19(13-21-9-11-23-12-10-21)17-4-2-1-3-16(17)18(22)24-19/h1-8H,9-13H2. The third-order valence-electron chi connectivity index (χ3n) is 4.71. The van der Waals surface area contributed by atoms with E-state index in [1.807, 2.05) is 48.5 Å². The van der Waals surface area contributed by atoms with Gasteiger partial charge in [0.1, 0.15) is 0 Å². The second-order valence-electron chi connectivity index (χ2n) is 6.16. The number of carbonyl (C=O) groups is 1. The minimum Gasteiger partial charge on any atom is -0.444 e. The van der Waals surface area contributed by atoms with Crippen LogP contribution in [0, 0.1) is 0 Å². The molecule has 0 aliphatic carbocycles. The number of ether oxygens (including phenoxy) is 2. The van der Waals surface area contributed by atoms with Crippen LogP contribution in [0.5, 0.6) is 0 Å². The number of morpholine rings is 1. The van der Waals surface area contributed by atoms with Crippen LogP contribution in [0.15, 0.2) is 48.5 Å². The molecule has 2 aliphatic heterocycles. The van der Waals surface area contributed by atoms with Gasteiger partial charge in [0.25, 0.3) is 0 Å². The predicted molar refractivity (Wildman–Crippen MR) is 91.3 cm³/mol. The second kappa shape index (κ2) is 6.20. The Morgan fingerprint density at radius 2 is 1.75 bits per heavy atom. The molecule has 0 N–H and O–H groups in total. The molecular weight excluding hydrogens is 326 g/mol. The summed E-state index contributed by atoms with van der Waals surface area (Å²) >= 11 is 6.05. The number of carbonyl (C=O) groups excluding carboxylic acids is 1. The van der Waals surface area contributed by atoms with Gasteiger partial charge in [0.2, 0.25) is 0 Å². The first kappa shape index (κ1) is 15.6. The van der Waals surface area contributed by atoms with Crippen molar-refractivity contribution in [2.75, 3.05) is 32.8 Å². The van der Waals surface area contributed by atoms with Crippen LogP contribution in [-0.4, -0.2) is 43.7 Å². The van der Waals surface area contributed by atoms with Gasteiger partial charge in [0.15, 0.2) is 5.60 Å². The van der Waals surface area contributed by atoms with Gasteiger partial charge in [-0.05, 0) is 18.2 Å². The van der Waals surface area contributed by atoms with E-state index in [0.29, 0.717) is 30.3 Å². The Balaban J connectivity index is 1.81. The molecule has 0 amide bonds. The lowest BCUT2D eigenvalue weighted by Gasteiger charge is -2.37. The molecule has 0 aromatic heterocycles. The van der Waals surface area contributed by atoms with Crippen molar-refractivity contribution < 1.29 is 14.3 Å². The molecule has 1 fully saturated rings. The Bertz CT molecular complexity index is 755. The van der Waals surface area contributed by atoms with Crippen molar-refractivity contribution in [3.05, 3.63) is 70.2 Å². The average molecular weight is 344 g/mol. The first-order valence-corrected chi connectivity index (χ1v) is 8.46. The Morgan fingerprint density at radius 3 is 2.50 bits per heavy atom. The van der Waals surface area contributed by atoms with Crippen LogP contribution in [0.1, 0.15) is 21.5 Å². The molecule has 5 heteroatoms. The molecule has 4 nitrogen and oxygen atoms in total. The number of nitrogens with zero attached hydrogens (tertiary/aromatic N) is 1. The maximum Gasteiger partial charge on any atom is 0.339 e. The maximum absolute atomic E-state index is 12.5. The van der Waals surface area contributed by atoms with Crippen molar-refractivity contribution in [1.82, 2.24) is 4.90 Å². The molecule has 0 radical (unpaired) electrons. The monoisotopic (exact) mass is 343 g/mol. The van der Waals surface area contributed by atoms with Crippen molar-refractivity contribution in [2.45, 2.75) is 5.60 Å². The zero-order valence-electron chi connectivity index (χ0n) is 13.2. The number of halogens is 1.